The minimum Gasteiger partial charge on any atom is -0.493 e. The number of benzene rings is 1. The average Bonchev–Trinajstić information content (AvgIpc) is 2.74. The summed E-state index contributed by atoms with van der Waals surface area (Å²) in [6, 6.07) is 14.8. The molecule has 0 saturated carbocycles. The number of carbonyl (C=O) groups is 1. The Morgan fingerprint density at radius 3 is 2.54 bits per heavy atom. The number of rotatable bonds is 8. The lowest BCUT2D eigenvalue weighted by molar-refractivity contribution is -0.115. The van der Waals surface area contributed by atoms with E-state index in [9.17, 15) is 4.79 Å². The first-order valence-electron chi connectivity index (χ1n) is 8.78. The molecule has 0 atom stereocenters. The van der Waals surface area contributed by atoms with Gasteiger partial charge in [0, 0.05) is 6.20 Å². The Balaban J connectivity index is 1.54. The maximum atomic E-state index is 12.3. The predicted molar refractivity (Wildman–Crippen MR) is 108 cm³/mol. The molecule has 7 heteroatoms. The maximum absolute atomic E-state index is 12.3. The molecule has 0 aliphatic carbocycles. The van der Waals surface area contributed by atoms with Crippen LogP contribution in [-0.4, -0.2) is 30.1 Å². The molecule has 28 heavy (non-hydrogen) atoms. The van der Waals surface area contributed by atoms with Gasteiger partial charge in [-0.2, -0.15) is 0 Å². The van der Waals surface area contributed by atoms with E-state index in [1.54, 1.807) is 44.8 Å². The molecule has 0 radical (unpaired) electrons. The molecule has 0 aliphatic rings. The number of aromatic nitrogens is 2. The number of amides is 1. The minimum atomic E-state index is -0.136. The zero-order chi connectivity index (χ0) is 19.8. The van der Waals surface area contributed by atoms with E-state index in [4.69, 9.17) is 9.47 Å². The van der Waals surface area contributed by atoms with Gasteiger partial charge in [0.05, 0.1) is 44.8 Å². The lowest BCUT2D eigenvalue weighted by Gasteiger charge is -2.10. The number of hydrogen-bond acceptors (Lipinski definition) is 6. The fourth-order valence-electron chi connectivity index (χ4n) is 2.64. The van der Waals surface area contributed by atoms with Crippen molar-refractivity contribution in [2.45, 2.75) is 13.0 Å². The zero-order valence-electron chi connectivity index (χ0n) is 15.8. The summed E-state index contributed by atoms with van der Waals surface area (Å²) in [5, 5.41) is 6.04. The Kier molecular flexibility index (Phi) is 6.41. The quantitative estimate of drug-likeness (QED) is 0.626. The Labute approximate surface area is 163 Å². The van der Waals surface area contributed by atoms with Crippen LogP contribution in [0.15, 0.2) is 60.9 Å². The van der Waals surface area contributed by atoms with E-state index in [0.717, 1.165) is 11.3 Å². The van der Waals surface area contributed by atoms with Crippen LogP contribution in [-0.2, 0) is 17.8 Å². The molecule has 3 rings (SSSR count). The largest absolute Gasteiger partial charge is 0.493 e. The first kappa shape index (κ1) is 19.2. The molecule has 1 aromatic carbocycles. The number of pyridine rings is 2. The third-order valence-electron chi connectivity index (χ3n) is 4.04. The Hall–Kier alpha value is -3.61. The number of ether oxygens (including phenoxy) is 2. The topological polar surface area (TPSA) is 85.4 Å². The molecule has 7 nitrogen and oxygen atoms in total. The molecule has 0 aliphatic heterocycles. The van der Waals surface area contributed by atoms with Gasteiger partial charge in [-0.1, -0.05) is 12.1 Å². The van der Waals surface area contributed by atoms with Crippen molar-refractivity contribution in [2.24, 2.45) is 0 Å². The SMILES string of the molecule is COc1ccc(CC(=O)Nc2ccc(NCc3ccccn3)nc2)cc1OC. The van der Waals surface area contributed by atoms with Gasteiger partial charge in [-0.3, -0.25) is 9.78 Å². The highest BCUT2D eigenvalue weighted by atomic mass is 16.5. The summed E-state index contributed by atoms with van der Waals surface area (Å²) in [7, 11) is 3.14. The van der Waals surface area contributed by atoms with Gasteiger partial charge in [-0.15, -0.1) is 0 Å². The Morgan fingerprint density at radius 2 is 1.86 bits per heavy atom. The van der Waals surface area contributed by atoms with Crippen molar-refractivity contribution < 1.29 is 14.3 Å². The molecule has 3 aromatic rings. The molecule has 2 heterocycles. The molecule has 2 N–H and O–H groups in total. The van der Waals surface area contributed by atoms with E-state index >= 15 is 0 Å². The number of anilines is 2. The summed E-state index contributed by atoms with van der Waals surface area (Å²) in [5.74, 6) is 1.80. The van der Waals surface area contributed by atoms with Crippen LogP contribution in [0.3, 0.4) is 0 Å². The molecule has 144 valence electrons. The van der Waals surface area contributed by atoms with E-state index in [1.807, 2.05) is 30.3 Å². The lowest BCUT2D eigenvalue weighted by Crippen LogP contribution is -2.14. The Morgan fingerprint density at radius 1 is 1.00 bits per heavy atom. The second-order valence-corrected chi connectivity index (χ2v) is 6.02. The molecule has 1 amide bonds. The van der Waals surface area contributed by atoms with E-state index in [-0.39, 0.29) is 12.3 Å². The van der Waals surface area contributed by atoms with Gasteiger partial charge in [-0.05, 0) is 42.0 Å². The van der Waals surface area contributed by atoms with Crippen molar-refractivity contribution in [2.75, 3.05) is 24.9 Å². The summed E-state index contributed by atoms with van der Waals surface area (Å²) in [6.45, 7) is 0.582. The first-order chi connectivity index (χ1) is 13.7. The highest BCUT2D eigenvalue weighted by molar-refractivity contribution is 5.92. The van der Waals surface area contributed by atoms with Crippen LogP contribution in [0.1, 0.15) is 11.3 Å². The first-order valence-corrected chi connectivity index (χ1v) is 8.78. The normalized spacial score (nSPS) is 10.2. The number of nitrogens with one attached hydrogen (secondary N) is 2. The van der Waals surface area contributed by atoms with E-state index < -0.39 is 0 Å². The molecule has 0 spiro atoms. The molecular weight excluding hydrogens is 356 g/mol. The standard InChI is InChI=1S/C21H22N4O3/c1-27-18-8-6-15(11-19(18)28-2)12-21(26)25-17-7-9-20(24-14-17)23-13-16-5-3-4-10-22-16/h3-11,14H,12-13H2,1-2H3,(H,23,24)(H,25,26). The maximum Gasteiger partial charge on any atom is 0.228 e. The monoisotopic (exact) mass is 378 g/mol. The summed E-state index contributed by atoms with van der Waals surface area (Å²) in [6.07, 6.45) is 3.59. The van der Waals surface area contributed by atoms with E-state index in [2.05, 4.69) is 20.6 Å². The van der Waals surface area contributed by atoms with Gasteiger partial charge in [-0.25, -0.2) is 4.98 Å². The van der Waals surface area contributed by atoms with Gasteiger partial charge in [0.25, 0.3) is 0 Å². The van der Waals surface area contributed by atoms with Gasteiger partial charge in [0.1, 0.15) is 5.82 Å². The van der Waals surface area contributed by atoms with Crippen molar-refractivity contribution in [3.05, 3.63) is 72.2 Å². The van der Waals surface area contributed by atoms with Gasteiger partial charge >= 0.3 is 0 Å². The molecule has 2 aromatic heterocycles. The number of hydrogen-bond donors (Lipinski definition) is 2. The van der Waals surface area contributed by atoms with Crippen molar-refractivity contribution in [1.82, 2.24) is 9.97 Å². The third-order valence-corrected chi connectivity index (χ3v) is 4.04. The number of methoxy groups -OCH3 is 2. The van der Waals surface area contributed by atoms with Crippen LogP contribution < -0.4 is 20.1 Å². The van der Waals surface area contributed by atoms with Gasteiger partial charge < -0.3 is 20.1 Å². The van der Waals surface area contributed by atoms with Crippen LogP contribution in [0.4, 0.5) is 11.5 Å². The fourth-order valence-corrected chi connectivity index (χ4v) is 2.64. The third kappa shape index (κ3) is 5.20. The minimum absolute atomic E-state index is 0.136. The molecule has 0 saturated heterocycles. The molecule has 0 bridgehead atoms. The highest BCUT2D eigenvalue weighted by Crippen LogP contribution is 2.27. The molecule has 0 unspecified atom stereocenters. The van der Waals surface area contributed by atoms with Gasteiger partial charge in [0.2, 0.25) is 5.91 Å². The summed E-state index contributed by atoms with van der Waals surface area (Å²) < 4.78 is 10.5. The highest BCUT2D eigenvalue weighted by Gasteiger charge is 2.09. The van der Waals surface area contributed by atoms with Crippen LogP contribution in [0.2, 0.25) is 0 Å². The summed E-state index contributed by atoms with van der Waals surface area (Å²) >= 11 is 0. The Bertz CT molecular complexity index is 915. The van der Waals surface area contributed by atoms with Crippen molar-refractivity contribution in [1.29, 1.82) is 0 Å². The van der Waals surface area contributed by atoms with E-state index in [0.29, 0.717) is 29.5 Å². The second kappa shape index (κ2) is 9.36. The van der Waals surface area contributed by atoms with E-state index in [1.165, 1.54) is 0 Å². The van der Waals surface area contributed by atoms with Crippen molar-refractivity contribution >= 4 is 17.4 Å². The molecule has 0 fully saturated rings. The lowest BCUT2D eigenvalue weighted by atomic mass is 10.1. The fraction of sp³-hybridized carbons (Fsp3) is 0.190. The number of carbonyl (C=O) groups excluding carboxylic acids is 1. The van der Waals surface area contributed by atoms with Crippen molar-refractivity contribution in [3.63, 3.8) is 0 Å². The van der Waals surface area contributed by atoms with Crippen LogP contribution >= 0.6 is 0 Å². The summed E-state index contributed by atoms with van der Waals surface area (Å²) in [5.41, 5.74) is 2.39. The summed E-state index contributed by atoms with van der Waals surface area (Å²) in [4.78, 5) is 20.9. The van der Waals surface area contributed by atoms with Crippen LogP contribution in [0.5, 0.6) is 11.5 Å². The van der Waals surface area contributed by atoms with Gasteiger partial charge in [0.15, 0.2) is 11.5 Å². The molecular formula is C21H22N4O3. The smallest absolute Gasteiger partial charge is 0.228 e. The van der Waals surface area contributed by atoms with Crippen LogP contribution in [0, 0.1) is 0 Å². The zero-order valence-corrected chi connectivity index (χ0v) is 15.8. The number of nitrogens with zero attached hydrogens (tertiary/aromatic N) is 2. The van der Waals surface area contributed by atoms with Crippen LogP contribution in [0.25, 0.3) is 0 Å². The average molecular weight is 378 g/mol. The second-order valence-electron chi connectivity index (χ2n) is 6.02. The predicted octanol–water partition coefficient (Wildman–Crippen LogP) is 3.29. The van der Waals surface area contributed by atoms with Crippen molar-refractivity contribution in [3.8, 4) is 11.5 Å².